The first-order chi connectivity index (χ1) is 23.4. The number of halogens is 2. The number of fused-ring (bicyclic) bond motifs is 2. The van der Waals surface area contributed by atoms with E-state index >= 15 is 0 Å². The molecule has 4 aromatic heterocycles. The Bertz CT molecular complexity index is 2340. The van der Waals surface area contributed by atoms with Crippen molar-refractivity contribution >= 4 is 22.7 Å². The number of hydrogen-bond acceptors (Lipinski definition) is 4. The van der Waals surface area contributed by atoms with Crippen LogP contribution in [0.25, 0.3) is 56.1 Å². The molecule has 0 saturated heterocycles. The standard InChI is InChI=1S/C21H18FN3.C19H14FN3/c1-2-23-19-5-3-4-17(12-19)20-14-24-21-13-16(10-11-25(20)21)15-6-8-18(22)9-7-15;20-16-6-4-13(5-7-16)14-8-9-23-18(12-22-19(23)11-14)15-2-1-3-17(21)10-15/h3-14,23H,2H2,1H3;1-12H,21H2. The van der Waals surface area contributed by atoms with Crippen LogP contribution in [0.3, 0.4) is 0 Å². The minimum atomic E-state index is -0.236. The number of nitrogens with one attached hydrogen (secondary N) is 1. The highest BCUT2D eigenvalue weighted by atomic mass is 19.1. The summed E-state index contributed by atoms with van der Waals surface area (Å²) in [4.78, 5) is 9.02. The van der Waals surface area contributed by atoms with Gasteiger partial charge in [0.05, 0.1) is 23.8 Å². The van der Waals surface area contributed by atoms with E-state index in [-0.39, 0.29) is 11.6 Å². The summed E-state index contributed by atoms with van der Waals surface area (Å²) in [6.07, 6.45) is 7.70. The number of nitrogen functional groups attached to an aromatic ring is 1. The van der Waals surface area contributed by atoms with Crippen molar-refractivity contribution in [3.8, 4) is 44.8 Å². The normalized spacial score (nSPS) is 11.0. The van der Waals surface area contributed by atoms with Gasteiger partial charge in [-0.25, -0.2) is 18.7 Å². The molecule has 0 aliphatic carbocycles. The molecule has 0 unspecified atom stereocenters. The number of benzene rings is 4. The van der Waals surface area contributed by atoms with Crippen molar-refractivity contribution in [3.05, 3.63) is 158 Å². The molecule has 4 aromatic carbocycles. The van der Waals surface area contributed by atoms with Crippen molar-refractivity contribution < 1.29 is 8.78 Å². The Labute approximate surface area is 276 Å². The third kappa shape index (κ3) is 6.37. The SMILES string of the molecule is CCNc1cccc(-c2cnc3cc(-c4ccc(F)cc4)ccn23)c1.Nc1cccc(-c2cnc3cc(-c4ccc(F)cc4)ccn23)c1. The Morgan fingerprint density at radius 1 is 0.562 bits per heavy atom. The van der Waals surface area contributed by atoms with Gasteiger partial charge in [-0.05, 0) is 102 Å². The van der Waals surface area contributed by atoms with E-state index in [0.29, 0.717) is 0 Å². The minimum Gasteiger partial charge on any atom is -0.399 e. The van der Waals surface area contributed by atoms with Crippen LogP contribution in [-0.2, 0) is 0 Å². The molecule has 48 heavy (non-hydrogen) atoms. The highest BCUT2D eigenvalue weighted by Gasteiger charge is 2.10. The van der Waals surface area contributed by atoms with Crippen LogP contribution < -0.4 is 11.1 Å². The van der Waals surface area contributed by atoms with E-state index in [1.807, 2.05) is 83.8 Å². The van der Waals surface area contributed by atoms with E-state index < -0.39 is 0 Å². The van der Waals surface area contributed by atoms with Crippen LogP contribution in [0.15, 0.2) is 146 Å². The number of nitrogens with two attached hydrogens (primary N) is 1. The second-order valence-electron chi connectivity index (χ2n) is 11.3. The highest BCUT2D eigenvalue weighted by Crippen LogP contribution is 2.28. The van der Waals surface area contributed by atoms with Gasteiger partial charge in [0.25, 0.3) is 0 Å². The number of nitrogens with zero attached hydrogens (tertiary/aromatic N) is 4. The summed E-state index contributed by atoms with van der Waals surface area (Å²) in [5, 5.41) is 3.33. The van der Waals surface area contributed by atoms with Gasteiger partial charge in [-0.2, -0.15) is 0 Å². The molecule has 8 aromatic rings. The van der Waals surface area contributed by atoms with Crippen molar-refractivity contribution in [1.82, 2.24) is 18.8 Å². The first-order valence-corrected chi connectivity index (χ1v) is 15.6. The molecule has 0 spiro atoms. The molecule has 236 valence electrons. The molecule has 0 bridgehead atoms. The van der Waals surface area contributed by atoms with Gasteiger partial charge >= 0.3 is 0 Å². The van der Waals surface area contributed by atoms with Gasteiger partial charge in [-0.3, -0.25) is 8.80 Å². The third-order valence-electron chi connectivity index (χ3n) is 8.10. The molecule has 0 atom stereocenters. The Morgan fingerprint density at radius 3 is 1.56 bits per heavy atom. The smallest absolute Gasteiger partial charge is 0.137 e. The lowest BCUT2D eigenvalue weighted by Gasteiger charge is -2.07. The second-order valence-corrected chi connectivity index (χ2v) is 11.3. The summed E-state index contributed by atoms with van der Waals surface area (Å²) in [6, 6.07) is 37.0. The summed E-state index contributed by atoms with van der Waals surface area (Å²) in [5.74, 6) is -0.465. The van der Waals surface area contributed by atoms with Crippen LogP contribution in [0.2, 0.25) is 0 Å². The van der Waals surface area contributed by atoms with Gasteiger partial charge < -0.3 is 11.1 Å². The number of imidazole rings is 2. The van der Waals surface area contributed by atoms with Crippen LogP contribution in [-0.4, -0.2) is 25.3 Å². The Balaban J connectivity index is 0.000000152. The fourth-order valence-corrected chi connectivity index (χ4v) is 5.72. The Kier molecular flexibility index (Phi) is 8.36. The molecular formula is C40H32F2N6. The van der Waals surface area contributed by atoms with Gasteiger partial charge in [0.2, 0.25) is 0 Å². The maximum Gasteiger partial charge on any atom is 0.137 e. The Morgan fingerprint density at radius 2 is 1.06 bits per heavy atom. The van der Waals surface area contributed by atoms with E-state index in [9.17, 15) is 8.78 Å². The number of aromatic nitrogens is 4. The quantitative estimate of drug-likeness (QED) is 0.179. The van der Waals surface area contributed by atoms with Crippen molar-refractivity contribution in [1.29, 1.82) is 0 Å². The summed E-state index contributed by atoms with van der Waals surface area (Å²) < 4.78 is 30.2. The molecule has 0 amide bonds. The zero-order valence-corrected chi connectivity index (χ0v) is 26.2. The fraction of sp³-hybridized carbons (Fsp3) is 0.0500. The predicted octanol–water partition coefficient (Wildman–Crippen LogP) is 9.63. The van der Waals surface area contributed by atoms with Gasteiger partial charge in [-0.1, -0.05) is 48.5 Å². The number of anilines is 2. The molecule has 0 radical (unpaired) electrons. The monoisotopic (exact) mass is 634 g/mol. The zero-order chi connectivity index (χ0) is 33.0. The lowest BCUT2D eigenvalue weighted by molar-refractivity contribution is 0.627. The number of hydrogen-bond donors (Lipinski definition) is 2. The van der Waals surface area contributed by atoms with Gasteiger partial charge in [-0.15, -0.1) is 0 Å². The van der Waals surface area contributed by atoms with Crippen molar-refractivity contribution in [2.45, 2.75) is 6.92 Å². The van der Waals surface area contributed by atoms with Gasteiger partial charge in [0, 0.05) is 41.4 Å². The first kappa shape index (κ1) is 30.4. The molecule has 8 rings (SSSR count). The van der Waals surface area contributed by atoms with E-state index in [0.717, 1.165) is 74.0 Å². The average molecular weight is 635 g/mol. The van der Waals surface area contributed by atoms with Crippen LogP contribution in [0.1, 0.15) is 6.92 Å². The van der Waals surface area contributed by atoms with Crippen LogP contribution in [0.4, 0.5) is 20.2 Å². The maximum atomic E-state index is 13.1. The second kappa shape index (κ2) is 13.2. The van der Waals surface area contributed by atoms with Crippen LogP contribution in [0, 0.1) is 11.6 Å². The van der Waals surface area contributed by atoms with Crippen LogP contribution >= 0.6 is 0 Å². The van der Waals surface area contributed by atoms with Crippen LogP contribution in [0.5, 0.6) is 0 Å². The highest BCUT2D eigenvalue weighted by molar-refractivity contribution is 5.73. The van der Waals surface area contributed by atoms with E-state index in [4.69, 9.17) is 5.73 Å². The number of rotatable bonds is 6. The maximum absolute atomic E-state index is 13.1. The predicted molar refractivity (Wildman–Crippen MR) is 191 cm³/mol. The van der Waals surface area contributed by atoms with E-state index in [1.54, 1.807) is 24.3 Å². The average Bonchev–Trinajstić information content (AvgIpc) is 3.74. The molecule has 0 saturated carbocycles. The lowest BCUT2D eigenvalue weighted by atomic mass is 10.1. The van der Waals surface area contributed by atoms with E-state index in [1.165, 1.54) is 24.3 Å². The van der Waals surface area contributed by atoms with Crippen molar-refractivity contribution in [2.75, 3.05) is 17.6 Å². The minimum absolute atomic E-state index is 0.228. The fourth-order valence-electron chi connectivity index (χ4n) is 5.72. The molecular weight excluding hydrogens is 602 g/mol. The molecule has 3 N–H and O–H groups in total. The molecule has 6 nitrogen and oxygen atoms in total. The van der Waals surface area contributed by atoms with Gasteiger partial charge in [0.1, 0.15) is 22.9 Å². The number of pyridine rings is 2. The summed E-state index contributed by atoms with van der Waals surface area (Å²) >= 11 is 0. The van der Waals surface area contributed by atoms with Gasteiger partial charge in [0.15, 0.2) is 0 Å². The summed E-state index contributed by atoms with van der Waals surface area (Å²) in [5.41, 5.74) is 17.5. The Hall–Kier alpha value is -6.28. The van der Waals surface area contributed by atoms with Crippen molar-refractivity contribution in [3.63, 3.8) is 0 Å². The molecule has 0 fully saturated rings. The summed E-state index contributed by atoms with van der Waals surface area (Å²) in [7, 11) is 0. The summed E-state index contributed by atoms with van der Waals surface area (Å²) in [6.45, 7) is 2.97. The molecule has 0 aliphatic rings. The largest absolute Gasteiger partial charge is 0.399 e. The third-order valence-corrected chi connectivity index (χ3v) is 8.10. The topological polar surface area (TPSA) is 72.7 Å². The van der Waals surface area contributed by atoms with E-state index in [2.05, 4.69) is 44.8 Å². The molecule has 0 aliphatic heterocycles. The first-order valence-electron chi connectivity index (χ1n) is 15.6. The molecule has 8 heteroatoms. The molecule has 4 heterocycles. The lowest BCUT2D eigenvalue weighted by Crippen LogP contribution is -1.96. The zero-order valence-electron chi connectivity index (χ0n) is 26.2. The van der Waals surface area contributed by atoms with Crippen molar-refractivity contribution in [2.24, 2.45) is 0 Å².